The zero-order valence-electron chi connectivity index (χ0n) is 10.5. The first-order valence-corrected chi connectivity index (χ1v) is 8.06. The highest BCUT2D eigenvalue weighted by Crippen LogP contribution is 2.16. The van der Waals surface area contributed by atoms with Crippen LogP contribution in [0.2, 0.25) is 0 Å². The zero-order valence-corrected chi connectivity index (χ0v) is 12.1. The van der Waals surface area contributed by atoms with E-state index in [2.05, 4.69) is 9.97 Å². The van der Waals surface area contributed by atoms with Gasteiger partial charge < -0.3 is 4.57 Å². The molecule has 2 aromatic rings. The second-order valence-electron chi connectivity index (χ2n) is 4.24. The fourth-order valence-corrected chi connectivity index (χ4v) is 2.65. The molecule has 0 radical (unpaired) electrons. The van der Waals surface area contributed by atoms with E-state index in [9.17, 15) is 4.21 Å². The number of pyridine rings is 1. The highest BCUT2D eigenvalue weighted by atomic mass is 35.5. The van der Waals surface area contributed by atoms with Crippen molar-refractivity contribution in [1.29, 1.82) is 0 Å². The number of hydrogen-bond donors (Lipinski definition) is 0. The molecule has 2 heterocycles. The number of rotatable bonds is 5. The number of fused-ring (bicyclic) bond motifs is 1. The van der Waals surface area contributed by atoms with Crippen molar-refractivity contribution in [2.24, 2.45) is 0 Å². The monoisotopic (exact) mass is 285 g/mol. The molecular weight excluding hydrogens is 270 g/mol. The molecule has 98 valence electrons. The lowest BCUT2D eigenvalue weighted by Crippen LogP contribution is -2.07. The van der Waals surface area contributed by atoms with Gasteiger partial charge in [-0.2, -0.15) is 0 Å². The van der Waals surface area contributed by atoms with Gasteiger partial charge in [-0.25, -0.2) is 9.97 Å². The van der Waals surface area contributed by atoms with Gasteiger partial charge >= 0.3 is 0 Å². The van der Waals surface area contributed by atoms with E-state index in [1.165, 1.54) is 0 Å². The molecule has 0 aromatic carbocycles. The molecule has 0 saturated heterocycles. The van der Waals surface area contributed by atoms with Gasteiger partial charge in [-0.15, -0.1) is 11.6 Å². The highest BCUT2D eigenvalue weighted by molar-refractivity contribution is 7.84. The van der Waals surface area contributed by atoms with E-state index in [1.807, 2.05) is 23.6 Å². The molecule has 4 nitrogen and oxygen atoms in total. The molecule has 0 bridgehead atoms. The Morgan fingerprint density at radius 3 is 2.83 bits per heavy atom. The summed E-state index contributed by atoms with van der Waals surface area (Å²) in [7, 11) is -0.761. The van der Waals surface area contributed by atoms with E-state index in [4.69, 9.17) is 11.6 Å². The van der Waals surface area contributed by atoms with Crippen molar-refractivity contribution in [2.75, 3.05) is 12.0 Å². The summed E-state index contributed by atoms with van der Waals surface area (Å²) in [6.45, 7) is 2.72. The van der Waals surface area contributed by atoms with Crippen molar-refractivity contribution in [3.05, 3.63) is 23.7 Å². The van der Waals surface area contributed by atoms with E-state index < -0.39 is 10.8 Å². The van der Waals surface area contributed by atoms with Crippen LogP contribution in [-0.2, 0) is 23.2 Å². The number of nitrogens with zero attached hydrogens (tertiary/aromatic N) is 3. The third-order valence-electron chi connectivity index (χ3n) is 2.74. The van der Waals surface area contributed by atoms with Crippen molar-refractivity contribution in [3.63, 3.8) is 0 Å². The summed E-state index contributed by atoms with van der Waals surface area (Å²) in [6.07, 6.45) is 2.56. The molecule has 2 rings (SSSR count). The normalized spacial score (nSPS) is 13.1. The van der Waals surface area contributed by atoms with E-state index in [0.29, 0.717) is 11.6 Å². The maximum absolute atomic E-state index is 11.1. The van der Waals surface area contributed by atoms with Gasteiger partial charge in [-0.1, -0.05) is 0 Å². The maximum atomic E-state index is 11.1. The second-order valence-corrected chi connectivity index (χ2v) is 6.06. The minimum Gasteiger partial charge on any atom is -0.312 e. The molecule has 0 aliphatic heterocycles. The Labute approximate surface area is 114 Å². The smallest absolute Gasteiger partial charge is 0.160 e. The number of alkyl halides is 1. The lowest BCUT2D eigenvalue weighted by atomic mass is 10.3. The van der Waals surface area contributed by atoms with Gasteiger partial charge in [0.25, 0.3) is 0 Å². The van der Waals surface area contributed by atoms with Crippen LogP contribution < -0.4 is 0 Å². The topological polar surface area (TPSA) is 47.8 Å². The van der Waals surface area contributed by atoms with E-state index in [1.54, 1.807) is 6.26 Å². The summed E-state index contributed by atoms with van der Waals surface area (Å²) in [6, 6.07) is 3.90. The molecule has 0 N–H and O–H groups in total. The first kappa shape index (κ1) is 13.5. The van der Waals surface area contributed by atoms with Gasteiger partial charge in [0.1, 0.15) is 11.3 Å². The summed E-state index contributed by atoms with van der Waals surface area (Å²) in [5.74, 6) is 1.88. The first-order chi connectivity index (χ1) is 8.61. The highest BCUT2D eigenvalue weighted by Gasteiger charge is 2.11. The molecule has 0 aliphatic carbocycles. The van der Waals surface area contributed by atoms with Gasteiger partial charge in [0.05, 0.1) is 5.88 Å². The van der Waals surface area contributed by atoms with Crippen molar-refractivity contribution in [2.45, 2.75) is 25.8 Å². The van der Waals surface area contributed by atoms with Gasteiger partial charge in [0, 0.05) is 35.0 Å². The molecule has 1 atom stereocenters. The van der Waals surface area contributed by atoms with E-state index in [0.717, 1.165) is 35.6 Å². The van der Waals surface area contributed by atoms with Crippen LogP contribution in [0, 0.1) is 6.92 Å². The summed E-state index contributed by atoms with van der Waals surface area (Å²) < 4.78 is 13.1. The molecule has 2 aromatic heterocycles. The maximum Gasteiger partial charge on any atom is 0.160 e. The van der Waals surface area contributed by atoms with Crippen LogP contribution in [0.25, 0.3) is 11.2 Å². The average Bonchev–Trinajstić information content (AvgIpc) is 2.66. The molecular formula is C12H16ClN3OS. The third kappa shape index (κ3) is 2.90. The summed E-state index contributed by atoms with van der Waals surface area (Å²) in [5, 5.41) is 0. The molecule has 6 heteroatoms. The largest absolute Gasteiger partial charge is 0.312 e. The van der Waals surface area contributed by atoms with Crippen LogP contribution in [-0.4, -0.2) is 30.8 Å². The van der Waals surface area contributed by atoms with Crippen LogP contribution in [0.15, 0.2) is 12.1 Å². The number of aromatic nitrogens is 3. The summed E-state index contributed by atoms with van der Waals surface area (Å²) in [4.78, 5) is 8.97. The summed E-state index contributed by atoms with van der Waals surface area (Å²) >= 11 is 5.91. The fraction of sp³-hybridized carbons (Fsp3) is 0.500. The third-order valence-corrected chi connectivity index (χ3v) is 3.85. The summed E-state index contributed by atoms with van der Waals surface area (Å²) in [5.41, 5.74) is 2.70. The Bertz CT molecular complexity index is 582. The molecule has 0 amide bonds. The molecule has 0 fully saturated rings. The number of hydrogen-bond acceptors (Lipinski definition) is 3. The second kappa shape index (κ2) is 5.80. The molecule has 1 unspecified atom stereocenters. The van der Waals surface area contributed by atoms with E-state index in [-0.39, 0.29) is 0 Å². The van der Waals surface area contributed by atoms with Crippen molar-refractivity contribution in [1.82, 2.24) is 14.5 Å². The SMILES string of the molecule is Cc1ccc2nc(CCl)n(CCCS(C)=O)c2n1. The van der Waals surface area contributed by atoms with E-state index >= 15 is 0 Å². The minimum atomic E-state index is -0.761. The lowest BCUT2D eigenvalue weighted by molar-refractivity contribution is 0.654. The molecule has 0 aliphatic rings. The first-order valence-electron chi connectivity index (χ1n) is 5.80. The Morgan fingerprint density at radius 1 is 1.39 bits per heavy atom. The van der Waals surface area contributed by atoms with Crippen molar-refractivity contribution < 1.29 is 4.21 Å². The molecule has 0 saturated carbocycles. The zero-order chi connectivity index (χ0) is 13.1. The van der Waals surface area contributed by atoms with Crippen molar-refractivity contribution in [3.8, 4) is 0 Å². The van der Waals surface area contributed by atoms with Gasteiger partial charge in [0.15, 0.2) is 5.65 Å². The Hall–Kier alpha value is -0.940. The number of imidazole rings is 1. The van der Waals surface area contributed by atoms with Gasteiger partial charge in [-0.3, -0.25) is 4.21 Å². The predicted molar refractivity (Wildman–Crippen MR) is 75.4 cm³/mol. The van der Waals surface area contributed by atoms with Crippen molar-refractivity contribution >= 4 is 33.6 Å². The predicted octanol–water partition coefficient (Wildman–Crippen LogP) is 2.25. The van der Waals surface area contributed by atoms with Crippen LogP contribution in [0.5, 0.6) is 0 Å². The quantitative estimate of drug-likeness (QED) is 0.792. The molecule has 18 heavy (non-hydrogen) atoms. The Balaban J connectivity index is 2.33. The minimum absolute atomic E-state index is 0.366. The van der Waals surface area contributed by atoms with Crippen LogP contribution >= 0.6 is 11.6 Å². The fourth-order valence-electron chi connectivity index (χ4n) is 1.91. The van der Waals surface area contributed by atoms with Gasteiger partial charge in [0.2, 0.25) is 0 Å². The number of aryl methyl sites for hydroxylation is 2. The Morgan fingerprint density at radius 2 is 2.17 bits per heavy atom. The van der Waals surface area contributed by atoms with Crippen LogP contribution in [0.3, 0.4) is 0 Å². The average molecular weight is 286 g/mol. The lowest BCUT2D eigenvalue weighted by Gasteiger charge is -2.06. The van der Waals surface area contributed by atoms with Gasteiger partial charge in [-0.05, 0) is 25.5 Å². The Kier molecular flexibility index (Phi) is 4.35. The molecule has 0 spiro atoms. The standard InChI is InChI=1S/C12H16ClN3OS/c1-9-4-5-10-12(14-9)16(11(8-13)15-10)6-3-7-18(2)17/h4-5H,3,6-8H2,1-2H3. The van der Waals surface area contributed by atoms with Crippen LogP contribution in [0.1, 0.15) is 17.9 Å². The van der Waals surface area contributed by atoms with Crippen LogP contribution in [0.4, 0.5) is 0 Å². The number of halogens is 1.